The first-order chi connectivity index (χ1) is 7.28. The number of hydrogen-bond acceptors (Lipinski definition) is 3. The van der Waals surface area contributed by atoms with Crippen LogP contribution in [0.25, 0.3) is 0 Å². The first kappa shape index (κ1) is 14.9. The number of ether oxygens (including phenoxy) is 1. The molecule has 1 amide bonds. The highest BCUT2D eigenvalue weighted by Gasteiger charge is 2.34. The average molecular weight is 231 g/mol. The molecule has 0 aliphatic heterocycles. The smallest absolute Gasteiger partial charge is 0.326 e. The highest BCUT2D eigenvalue weighted by molar-refractivity contribution is 5.89. The van der Waals surface area contributed by atoms with E-state index in [9.17, 15) is 9.59 Å². The van der Waals surface area contributed by atoms with Crippen LogP contribution in [0.5, 0.6) is 0 Å². The molecule has 0 aliphatic rings. The Hall–Kier alpha value is -1.10. The quantitative estimate of drug-likeness (QED) is 0.715. The SMILES string of the molecule is CCC(C)(OC)C(=O)N[C@H](C(=O)O)C(C)C. The topological polar surface area (TPSA) is 75.6 Å². The summed E-state index contributed by atoms with van der Waals surface area (Å²) in [6, 6.07) is -0.881. The minimum atomic E-state index is -1.03. The Morgan fingerprint density at radius 3 is 2.19 bits per heavy atom. The van der Waals surface area contributed by atoms with E-state index in [4.69, 9.17) is 9.84 Å². The molecule has 2 atom stereocenters. The zero-order valence-corrected chi connectivity index (χ0v) is 10.5. The first-order valence-corrected chi connectivity index (χ1v) is 5.37. The van der Waals surface area contributed by atoms with Gasteiger partial charge in [0.1, 0.15) is 11.6 Å². The van der Waals surface area contributed by atoms with Crippen LogP contribution in [-0.2, 0) is 14.3 Å². The molecule has 0 saturated carbocycles. The molecule has 0 saturated heterocycles. The minimum Gasteiger partial charge on any atom is -0.480 e. The molecular formula is C11H21NO4. The fraction of sp³-hybridized carbons (Fsp3) is 0.818. The van der Waals surface area contributed by atoms with Gasteiger partial charge in [0.15, 0.2) is 0 Å². The summed E-state index contributed by atoms with van der Waals surface area (Å²) in [5, 5.41) is 11.4. The van der Waals surface area contributed by atoms with Gasteiger partial charge in [0, 0.05) is 7.11 Å². The van der Waals surface area contributed by atoms with Crippen molar-refractivity contribution < 1.29 is 19.4 Å². The number of methoxy groups -OCH3 is 1. The van der Waals surface area contributed by atoms with E-state index in [1.165, 1.54) is 7.11 Å². The van der Waals surface area contributed by atoms with Gasteiger partial charge < -0.3 is 15.2 Å². The number of amides is 1. The Bertz CT molecular complexity index is 259. The van der Waals surface area contributed by atoms with E-state index in [1.54, 1.807) is 20.8 Å². The van der Waals surface area contributed by atoms with Gasteiger partial charge in [0.05, 0.1) is 0 Å². The lowest BCUT2D eigenvalue weighted by Gasteiger charge is -2.28. The maximum Gasteiger partial charge on any atom is 0.326 e. The molecule has 0 aliphatic carbocycles. The summed E-state index contributed by atoms with van der Waals surface area (Å²) in [4.78, 5) is 22.8. The van der Waals surface area contributed by atoms with Gasteiger partial charge in [0.2, 0.25) is 0 Å². The molecule has 0 heterocycles. The van der Waals surface area contributed by atoms with E-state index in [2.05, 4.69) is 5.32 Å². The lowest BCUT2D eigenvalue weighted by molar-refractivity contribution is -0.149. The Labute approximate surface area is 96.2 Å². The van der Waals surface area contributed by atoms with Crippen molar-refractivity contribution in [1.82, 2.24) is 5.32 Å². The molecule has 16 heavy (non-hydrogen) atoms. The Kier molecular flexibility index (Phi) is 5.44. The highest BCUT2D eigenvalue weighted by atomic mass is 16.5. The van der Waals surface area contributed by atoms with Crippen LogP contribution in [0.4, 0.5) is 0 Å². The molecule has 0 aromatic rings. The summed E-state index contributed by atoms with van der Waals surface area (Å²) in [6.07, 6.45) is 0.486. The van der Waals surface area contributed by atoms with Crippen LogP contribution in [0.2, 0.25) is 0 Å². The van der Waals surface area contributed by atoms with Crippen LogP contribution in [0.1, 0.15) is 34.1 Å². The average Bonchev–Trinajstić information content (AvgIpc) is 2.23. The zero-order valence-electron chi connectivity index (χ0n) is 10.5. The Morgan fingerprint density at radius 1 is 1.44 bits per heavy atom. The van der Waals surface area contributed by atoms with E-state index in [-0.39, 0.29) is 5.92 Å². The number of rotatable bonds is 6. The fourth-order valence-electron chi connectivity index (χ4n) is 1.21. The number of hydrogen-bond donors (Lipinski definition) is 2. The van der Waals surface area contributed by atoms with Crippen LogP contribution in [-0.4, -0.2) is 35.7 Å². The monoisotopic (exact) mass is 231 g/mol. The third-order valence-corrected chi connectivity index (χ3v) is 2.82. The van der Waals surface area contributed by atoms with Crippen molar-refractivity contribution in [1.29, 1.82) is 0 Å². The van der Waals surface area contributed by atoms with Crippen molar-refractivity contribution in [3.63, 3.8) is 0 Å². The molecular weight excluding hydrogens is 210 g/mol. The summed E-state index contributed by atoms with van der Waals surface area (Å²) in [6.45, 7) is 6.94. The second-order valence-electron chi connectivity index (χ2n) is 4.32. The van der Waals surface area contributed by atoms with Gasteiger partial charge >= 0.3 is 5.97 Å². The van der Waals surface area contributed by atoms with E-state index in [0.717, 1.165) is 0 Å². The van der Waals surface area contributed by atoms with Crippen molar-refractivity contribution >= 4 is 11.9 Å². The normalized spacial score (nSPS) is 16.6. The molecule has 5 nitrogen and oxygen atoms in total. The maximum atomic E-state index is 11.8. The molecule has 0 radical (unpaired) electrons. The van der Waals surface area contributed by atoms with E-state index in [0.29, 0.717) is 6.42 Å². The maximum absolute atomic E-state index is 11.8. The standard InChI is InChI=1S/C11H21NO4/c1-6-11(4,16-5)10(15)12-8(7(2)3)9(13)14/h7-8H,6H2,1-5H3,(H,12,15)(H,13,14)/t8-,11?/m0/s1. The second-order valence-corrected chi connectivity index (χ2v) is 4.32. The highest BCUT2D eigenvalue weighted by Crippen LogP contribution is 2.15. The van der Waals surface area contributed by atoms with Gasteiger partial charge in [-0.05, 0) is 19.3 Å². The van der Waals surface area contributed by atoms with Gasteiger partial charge in [-0.15, -0.1) is 0 Å². The fourth-order valence-corrected chi connectivity index (χ4v) is 1.21. The molecule has 0 fully saturated rings. The number of carbonyl (C=O) groups excluding carboxylic acids is 1. The van der Waals surface area contributed by atoms with E-state index in [1.807, 2.05) is 6.92 Å². The Morgan fingerprint density at radius 2 is 1.94 bits per heavy atom. The van der Waals surface area contributed by atoms with Crippen molar-refractivity contribution in [2.45, 2.75) is 45.8 Å². The molecule has 1 unspecified atom stereocenters. The molecule has 0 spiro atoms. The minimum absolute atomic E-state index is 0.167. The van der Waals surface area contributed by atoms with Gasteiger partial charge in [0.25, 0.3) is 5.91 Å². The summed E-state index contributed by atoms with van der Waals surface area (Å²) in [7, 11) is 1.44. The Balaban J connectivity index is 4.70. The molecule has 5 heteroatoms. The van der Waals surface area contributed by atoms with Crippen LogP contribution >= 0.6 is 0 Å². The summed E-state index contributed by atoms with van der Waals surface area (Å²) in [5.74, 6) is -1.59. The number of aliphatic carboxylic acids is 1. The van der Waals surface area contributed by atoms with Gasteiger partial charge in [-0.1, -0.05) is 20.8 Å². The third kappa shape index (κ3) is 3.48. The van der Waals surface area contributed by atoms with Crippen LogP contribution in [0.3, 0.4) is 0 Å². The van der Waals surface area contributed by atoms with Gasteiger partial charge in [-0.2, -0.15) is 0 Å². The first-order valence-electron chi connectivity index (χ1n) is 5.37. The van der Waals surface area contributed by atoms with Crippen LogP contribution < -0.4 is 5.32 Å². The largest absolute Gasteiger partial charge is 0.480 e. The number of carbonyl (C=O) groups is 2. The van der Waals surface area contributed by atoms with Crippen molar-refractivity contribution in [3.05, 3.63) is 0 Å². The van der Waals surface area contributed by atoms with Gasteiger partial charge in [-0.25, -0.2) is 4.79 Å². The molecule has 0 aromatic carbocycles. The van der Waals surface area contributed by atoms with Crippen molar-refractivity contribution in [2.75, 3.05) is 7.11 Å². The van der Waals surface area contributed by atoms with Crippen molar-refractivity contribution in [3.8, 4) is 0 Å². The van der Waals surface area contributed by atoms with Gasteiger partial charge in [-0.3, -0.25) is 4.79 Å². The van der Waals surface area contributed by atoms with E-state index < -0.39 is 23.5 Å². The lowest BCUT2D eigenvalue weighted by Crippen LogP contribution is -2.53. The van der Waals surface area contributed by atoms with E-state index >= 15 is 0 Å². The predicted octanol–water partition coefficient (Wildman–Crippen LogP) is 1.03. The number of carboxylic acids is 1. The molecule has 0 aromatic heterocycles. The number of carboxylic acid groups (broad SMARTS) is 1. The van der Waals surface area contributed by atoms with Crippen LogP contribution in [0.15, 0.2) is 0 Å². The second kappa shape index (κ2) is 5.84. The third-order valence-electron chi connectivity index (χ3n) is 2.82. The number of nitrogens with one attached hydrogen (secondary N) is 1. The zero-order chi connectivity index (χ0) is 12.9. The predicted molar refractivity (Wildman–Crippen MR) is 60.1 cm³/mol. The molecule has 0 rings (SSSR count). The molecule has 0 bridgehead atoms. The lowest BCUT2D eigenvalue weighted by atomic mass is 9.99. The van der Waals surface area contributed by atoms with Crippen molar-refractivity contribution in [2.24, 2.45) is 5.92 Å². The summed E-state index contributed by atoms with van der Waals surface area (Å²) >= 11 is 0. The molecule has 2 N–H and O–H groups in total. The summed E-state index contributed by atoms with van der Waals surface area (Å²) in [5.41, 5.74) is -0.970. The molecule has 94 valence electrons. The van der Waals surface area contributed by atoms with Crippen LogP contribution in [0, 0.1) is 5.92 Å². The summed E-state index contributed by atoms with van der Waals surface area (Å²) < 4.78 is 5.10.